The number of hydrogen-bond acceptors (Lipinski definition) is 7. The number of benzene rings is 2. The number of carbonyl (C=O) groups excluding carboxylic acids is 1. The van der Waals surface area contributed by atoms with Crippen LogP contribution in [0.1, 0.15) is 24.1 Å². The summed E-state index contributed by atoms with van der Waals surface area (Å²) < 4.78 is 30.2. The summed E-state index contributed by atoms with van der Waals surface area (Å²) in [5.41, 5.74) is 1.84. The maximum Gasteiger partial charge on any atom is 0.285 e. The normalized spacial score (nSPS) is 17.1. The molecule has 1 saturated heterocycles. The number of piperidine rings is 1. The number of rotatable bonds is 4. The summed E-state index contributed by atoms with van der Waals surface area (Å²) in [4.78, 5) is 25.6. The lowest BCUT2D eigenvalue weighted by Crippen LogP contribution is -2.41. The van der Waals surface area contributed by atoms with E-state index in [1.54, 1.807) is 54.1 Å². The number of fused-ring (bicyclic) bond motifs is 1. The van der Waals surface area contributed by atoms with Crippen LogP contribution in [0.25, 0.3) is 5.69 Å². The highest BCUT2D eigenvalue weighted by molar-refractivity contribution is 7.90. The van der Waals surface area contributed by atoms with Gasteiger partial charge in [0.25, 0.3) is 15.7 Å². The molecule has 180 valence electrons. The number of aromatic nitrogens is 2. The van der Waals surface area contributed by atoms with Gasteiger partial charge in [0.15, 0.2) is 5.84 Å². The van der Waals surface area contributed by atoms with Crippen LogP contribution in [0, 0.1) is 23.0 Å². The Morgan fingerprint density at radius 2 is 1.80 bits per heavy atom. The first kappa shape index (κ1) is 22.7. The van der Waals surface area contributed by atoms with Gasteiger partial charge in [0.1, 0.15) is 10.7 Å². The molecule has 2 aromatic carbocycles. The lowest BCUT2D eigenvalue weighted by Gasteiger charge is -2.32. The highest BCUT2D eigenvalue weighted by atomic mass is 32.2. The van der Waals surface area contributed by atoms with E-state index >= 15 is 0 Å². The van der Waals surface area contributed by atoms with Gasteiger partial charge < -0.3 is 10.2 Å². The van der Waals surface area contributed by atoms with E-state index in [-0.39, 0.29) is 22.4 Å². The summed E-state index contributed by atoms with van der Waals surface area (Å²) in [6, 6.07) is 14.4. The van der Waals surface area contributed by atoms with Crippen LogP contribution in [0.4, 0.5) is 11.5 Å². The molecule has 0 atom stereocenters. The summed E-state index contributed by atoms with van der Waals surface area (Å²) in [5, 5.41) is 18.3. The fourth-order valence-electron chi connectivity index (χ4n) is 4.40. The van der Waals surface area contributed by atoms with Crippen molar-refractivity contribution in [2.45, 2.75) is 24.7 Å². The summed E-state index contributed by atoms with van der Waals surface area (Å²) in [6.07, 6.45) is 1.08. The quantitative estimate of drug-likeness (QED) is 0.434. The van der Waals surface area contributed by atoms with Gasteiger partial charge in [-0.3, -0.25) is 14.9 Å². The third-order valence-corrected chi connectivity index (χ3v) is 7.49. The molecular weight excluding hydrogens is 472 g/mol. The van der Waals surface area contributed by atoms with Crippen molar-refractivity contribution >= 4 is 33.3 Å². The van der Waals surface area contributed by atoms with Crippen molar-refractivity contribution < 1.29 is 18.1 Å². The van der Waals surface area contributed by atoms with Crippen molar-refractivity contribution in [1.82, 2.24) is 14.7 Å². The largest absolute Gasteiger partial charge is 0.355 e. The van der Waals surface area contributed by atoms with Crippen LogP contribution in [0.3, 0.4) is 0 Å². The lowest BCUT2D eigenvalue weighted by atomic mass is 9.95. The van der Waals surface area contributed by atoms with Crippen molar-refractivity contribution in [2.24, 2.45) is 10.3 Å². The predicted molar refractivity (Wildman–Crippen MR) is 128 cm³/mol. The molecule has 35 heavy (non-hydrogen) atoms. The number of nitrogens with zero attached hydrogens (tertiary/aromatic N) is 5. The first-order valence-corrected chi connectivity index (χ1v) is 12.5. The molecule has 1 aromatic heterocycles. The van der Waals surface area contributed by atoms with E-state index in [2.05, 4.69) is 14.8 Å². The van der Waals surface area contributed by atoms with Gasteiger partial charge in [-0.05, 0) is 44.0 Å². The zero-order chi connectivity index (χ0) is 24.7. The summed E-state index contributed by atoms with van der Waals surface area (Å²) in [5.74, 6) is 0.491. The van der Waals surface area contributed by atoms with Gasteiger partial charge in [0.05, 0.1) is 16.3 Å². The Balaban J connectivity index is 1.27. The molecule has 3 aromatic rings. The minimum Gasteiger partial charge on any atom is -0.355 e. The summed E-state index contributed by atoms with van der Waals surface area (Å²) >= 11 is 0. The minimum atomic E-state index is -3.69. The number of likely N-dealkylation sites (tertiary alicyclic amines) is 1. The van der Waals surface area contributed by atoms with E-state index in [1.165, 1.54) is 12.1 Å². The van der Waals surface area contributed by atoms with Gasteiger partial charge in [-0.2, -0.15) is 13.5 Å². The SMILES string of the molecule is Cc1cc(NC(=O)C2CCN(C3=NS(=O)(=O)c4ccccc43)CC2)n(-c2ccc([N+](=O)[O-])cc2)n1. The molecule has 12 heteroatoms. The Kier molecular flexibility index (Phi) is 5.59. The topological polar surface area (TPSA) is 140 Å². The second-order valence-electron chi connectivity index (χ2n) is 8.49. The Labute approximate surface area is 201 Å². The van der Waals surface area contributed by atoms with Gasteiger partial charge >= 0.3 is 0 Å². The van der Waals surface area contributed by atoms with Crippen molar-refractivity contribution in [2.75, 3.05) is 18.4 Å². The Hall–Kier alpha value is -4.06. The number of hydrogen-bond donors (Lipinski definition) is 1. The van der Waals surface area contributed by atoms with Crippen LogP contribution in [0.2, 0.25) is 0 Å². The first-order chi connectivity index (χ1) is 16.7. The molecule has 0 spiro atoms. The van der Waals surface area contributed by atoms with Gasteiger partial charge in [-0.25, -0.2) is 4.68 Å². The minimum absolute atomic E-state index is 0.0303. The third kappa shape index (κ3) is 4.28. The number of non-ortho nitro benzene ring substituents is 1. The molecule has 5 rings (SSSR count). The maximum atomic E-state index is 13.0. The van der Waals surface area contributed by atoms with Crippen molar-refractivity contribution in [3.8, 4) is 5.69 Å². The third-order valence-electron chi connectivity index (χ3n) is 6.17. The Bertz CT molecular complexity index is 1450. The molecular formula is C23H22N6O5S. The first-order valence-electron chi connectivity index (χ1n) is 11.0. The van der Waals surface area contributed by atoms with Crippen LogP contribution < -0.4 is 5.32 Å². The fourth-order valence-corrected chi connectivity index (χ4v) is 5.63. The highest BCUT2D eigenvalue weighted by Gasteiger charge is 2.34. The number of aryl methyl sites for hydroxylation is 1. The average molecular weight is 495 g/mol. The molecule has 11 nitrogen and oxygen atoms in total. The van der Waals surface area contributed by atoms with Gasteiger partial charge in [0.2, 0.25) is 5.91 Å². The van der Waals surface area contributed by atoms with Gasteiger partial charge in [-0.1, -0.05) is 12.1 Å². The number of nitro benzene ring substituents is 1. The Morgan fingerprint density at radius 3 is 2.49 bits per heavy atom. The summed E-state index contributed by atoms with van der Waals surface area (Å²) in [7, 11) is -3.69. The number of amides is 1. The number of anilines is 1. The number of amidine groups is 1. The highest BCUT2D eigenvalue weighted by Crippen LogP contribution is 2.30. The van der Waals surface area contributed by atoms with Crippen molar-refractivity contribution in [1.29, 1.82) is 0 Å². The average Bonchev–Trinajstić information content (AvgIpc) is 3.35. The van der Waals surface area contributed by atoms with Crippen LogP contribution in [-0.4, -0.2) is 52.9 Å². The number of nitro groups is 1. The van der Waals surface area contributed by atoms with Crippen LogP contribution in [-0.2, 0) is 14.8 Å². The monoisotopic (exact) mass is 494 g/mol. The predicted octanol–water partition coefficient (Wildman–Crippen LogP) is 2.89. The van der Waals surface area contributed by atoms with E-state index in [4.69, 9.17) is 0 Å². The zero-order valence-electron chi connectivity index (χ0n) is 18.8. The zero-order valence-corrected chi connectivity index (χ0v) is 19.6. The second-order valence-corrected chi connectivity index (χ2v) is 10.1. The standard InChI is InChI=1S/C23H22N6O5S/c1-15-14-21(28(25-15)17-6-8-18(9-7-17)29(31)32)24-23(30)16-10-12-27(13-11-16)22-19-4-2-3-5-20(19)35(33,34)26-22/h2-9,14,16H,10-13H2,1H3,(H,24,30). The number of nitrogens with one attached hydrogen (secondary N) is 1. The number of carbonyl (C=O) groups is 1. The molecule has 0 unspecified atom stereocenters. The van der Waals surface area contributed by atoms with Gasteiger partial charge in [-0.15, -0.1) is 4.40 Å². The summed E-state index contributed by atoms with van der Waals surface area (Å²) in [6.45, 7) is 2.80. The van der Waals surface area contributed by atoms with Gasteiger partial charge in [0, 0.05) is 42.8 Å². The molecule has 0 radical (unpaired) electrons. The molecule has 1 N–H and O–H groups in total. The van der Waals surface area contributed by atoms with E-state index in [0.29, 0.717) is 54.5 Å². The maximum absolute atomic E-state index is 13.0. The fraction of sp³-hybridized carbons (Fsp3) is 0.261. The van der Waals surface area contributed by atoms with Crippen LogP contribution >= 0.6 is 0 Å². The molecule has 1 amide bonds. The van der Waals surface area contributed by atoms with E-state index < -0.39 is 14.9 Å². The molecule has 1 fully saturated rings. The smallest absolute Gasteiger partial charge is 0.285 e. The van der Waals surface area contributed by atoms with E-state index in [0.717, 1.165) is 0 Å². The van der Waals surface area contributed by atoms with Crippen molar-refractivity contribution in [3.05, 3.63) is 76.0 Å². The van der Waals surface area contributed by atoms with Crippen LogP contribution in [0.15, 0.2) is 63.9 Å². The molecule has 2 aliphatic heterocycles. The molecule has 3 heterocycles. The molecule has 0 bridgehead atoms. The Morgan fingerprint density at radius 1 is 1.11 bits per heavy atom. The molecule has 0 aliphatic carbocycles. The number of sulfonamides is 1. The second kappa shape index (κ2) is 8.62. The van der Waals surface area contributed by atoms with E-state index in [9.17, 15) is 23.3 Å². The van der Waals surface area contributed by atoms with Crippen LogP contribution in [0.5, 0.6) is 0 Å². The molecule has 0 saturated carbocycles. The van der Waals surface area contributed by atoms with E-state index in [1.807, 2.05) is 4.90 Å². The molecule has 2 aliphatic rings. The van der Waals surface area contributed by atoms with Crippen molar-refractivity contribution in [3.63, 3.8) is 0 Å². The lowest BCUT2D eigenvalue weighted by molar-refractivity contribution is -0.384.